The zero-order valence-corrected chi connectivity index (χ0v) is 18.0. The van der Waals surface area contributed by atoms with E-state index in [2.05, 4.69) is 42.9 Å². The van der Waals surface area contributed by atoms with E-state index in [9.17, 15) is 4.79 Å². The van der Waals surface area contributed by atoms with Gasteiger partial charge in [0.1, 0.15) is 24.7 Å². The fourth-order valence-corrected chi connectivity index (χ4v) is 3.60. The standard InChI is InChI=1S/C24H25N3O4/c1-23(2,3)10-9-15-5-7-19-17(11-15)24(14-30-22(25)27-24)18-12-16(6-8-20(18)31-19)26-21(28)13-29-4/h5-8,11-12H,13-14H2,1-4H3,(H2,25,27)(H,26,28)/t24-/m1/s1. The highest BCUT2D eigenvalue weighted by molar-refractivity contribution is 5.92. The Kier molecular flexibility index (Phi) is 5.11. The maximum atomic E-state index is 12.0. The number of amidine groups is 1. The third-order valence-corrected chi connectivity index (χ3v) is 4.94. The van der Waals surface area contributed by atoms with Gasteiger partial charge in [-0.3, -0.25) is 4.79 Å². The molecule has 0 fully saturated rings. The smallest absolute Gasteiger partial charge is 0.283 e. The van der Waals surface area contributed by atoms with Crippen molar-refractivity contribution in [1.29, 1.82) is 0 Å². The molecule has 0 saturated carbocycles. The summed E-state index contributed by atoms with van der Waals surface area (Å²) in [6.45, 7) is 6.39. The molecule has 0 saturated heterocycles. The van der Waals surface area contributed by atoms with Crippen molar-refractivity contribution in [2.45, 2.75) is 26.3 Å². The number of benzene rings is 2. The molecule has 7 heteroatoms. The normalized spacial score (nSPS) is 18.6. The summed E-state index contributed by atoms with van der Waals surface area (Å²) in [6, 6.07) is 11.3. The Labute approximate surface area is 181 Å². The Bertz CT molecular complexity index is 1140. The maximum Gasteiger partial charge on any atom is 0.283 e. The molecule has 31 heavy (non-hydrogen) atoms. The van der Waals surface area contributed by atoms with Gasteiger partial charge in [-0.05, 0) is 57.2 Å². The van der Waals surface area contributed by atoms with Crippen molar-refractivity contribution in [3.63, 3.8) is 0 Å². The summed E-state index contributed by atoms with van der Waals surface area (Å²) in [6.07, 6.45) is 0. The first-order chi connectivity index (χ1) is 14.7. The highest BCUT2D eigenvalue weighted by atomic mass is 16.5. The van der Waals surface area contributed by atoms with Gasteiger partial charge in [0.25, 0.3) is 6.02 Å². The molecule has 0 aliphatic carbocycles. The van der Waals surface area contributed by atoms with Crippen LogP contribution in [0.5, 0.6) is 11.5 Å². The lowest BCUT2D eigenvalue weighted by Crippen LogP contribution is -2.31. The summed E-state index contributed by atoms with van der Waals surface area (Å²) < 4.78 is 16.7. The van der Waals surface area contributed by atoms with E-state index in [0.717, 1.165) is 16.7 Å². The maximum absolute atomic E-state index is 12.0. The Morgan fingerprint density at radius 1 is 1.23 bits per heavy atom. The van der Waals surface area contributed by atoms with Crippen LogP contribution >= 0.6 is 0 Å². The number of nitrogens with zero attached hydrogens (tertiary/aromatic N) is 1. The molecule has 2 heterocycles. The average molecular weight is 419 g/mol. The third-order valence-electron chi connectivity index (χ3n) is 4.94. The van der Waals surface area contributed by atoms with E-state index in [1.165, 1.54) is 7.11 Å². The van der Waals surface area contributed by atoms with Gasteiger partial charge >= 0.3 is 0 Å². The summed E-state index contributed by atoms with van der Waals surface area (Å²) in [4.78, 5) is 16.7. The van der Waals surface area contributed by atoms with Crippen LogP contribution in [0.3, 0.4) is 0 Å². The lowest BCUT2D eigenvalue weighted by Gasteiger charge is -2.33. The topological polar surface area (TPSA) is 95.2 Å². The van der Waals surface area contributed by atoms with E-state index in [4.69, 9.17) is 19.9 Å². The summed E-state index contributed by atoms with van der Waals surface area (Å²) in [7, 11) is 1.47. The first kappa shape index (κ1) is 20.8. The predicted molar refractivity (Wildman–Crippen MR) is 118 cm³/mol. The number of carbonyl (C=O) groups is 1. The summed E-state index contributed by atoms with van der Waals surface area (Å²) >= 11 is 0. The molecule has 0 radical (unpaired) electrons. The highest BCUT2D eigenvalue weighted by Crippen LogP contribution is 2.51. The zero-order valence-electron chi connectivity index (χ0n) is 18.0. The molecule has 1 atom stereocenters. The molecule has 3 N–H and O–H groups in total. The second-order valence-electron chi connectivity index (χ2n) is 8.60. The minimum absolute atomic E-state index is 0.0361. The van der Waals surface area contributed by atoms with Crippen molar-refractivity contribution in [2.75, 3.05) is 25.6 Å². The van der Waals surface area contributed by atoms with Crippen LogP contribution in [0.4, 0.5) is 5.69 Å². The molecule has 7 nitrogen and oxygen atoms in total. The quantitative estimate of drug-likeness (QED) is 0.744. The molecular formula is C24H25N3O4. The molecule has 4 rings (SSSR count). The third kappa shape index (κ3) is 4.07. The number of rotatable bonds is 3. The fraction of sp³-hybridized carbons (Fsp3) is 0.333. The number of nitrogens with two attached hydrogens (primary N) is 1. The first-order valence-corrected chi connectivity index (χ1v) is 9.97. The number of amides is 1. The van der Waals surface area contributed by atoms with E-state index in [1.54, 1.807) is 12.1 Å². The van der Waals surface area contributed by atoms with E-state index >= 15 is 0 Å². The number of anilines is 1. The van der Waals surface area contributed by atoms with Crippen LogP contribution in [0.25, 0.3) is 0 Å². The van der Waals surface area contributed by atoms with Crippen molar-refractivity contribution < 1.29 is 19.0 Å². The molecule has 2 aromatic carbocycles. The number of nitrogens with one attached hydrogen (secondary N) is 1. The lowest BCUT2D eigenvalue weighted by molar-refractivity contribution is -0.119. The summed E-state index contributed by atoms with van der Waals surface area (Å²) in [5.41, 5.74) is 7.98. The fourth-order valence-electron chi connectivity index (χ4n) is 3.60. The molecule has 2 aromatic rings. The molecule has 2 aliphatic heterocycles. The van der Waals surface area contributed by atoms with E-state index in [0.29, 0.717) is 17.2 Å². The van der Waals surface area contributed by atoms with Crippen molar-refractivity contribution in [2.24, 2.45) is 16.1 Å². The predicted octanol–water partition coefficient (Wildman–Crippen LogP) is 3.36. The molecule has 0 unspecified atom stereocenters. The minimum Gasteiger partial charge on any atom is -0.462 e. The monoisotopic (exact) mass is 419 g/mol. The Hall–Kier alpha value is -3.50. The van der Waals surface area contributed by atoms with Gasteiger partial charge in [-0.15, -0.1) is 0 Å². The Morgan fingerprint density at radius 3 is 2.58 bits per heavy atom. The summed E-state index contributed by atoms with van der Waals surface area (Å²) in [5, 5.41) is 2.82. The highest BCUT2D eigenvalue weighted by Gasteiger charge is 2.47. The number of aliphatic imine (C=N–C) groups is 1. The number of carbonyl (C=O) groups excluding carboxylic acids is 1. The van der Waals surface area contributed by atoms with Crippen LogP contribution in [0, 0.1) is 17.3 Å². The lowest BCUT2D eigenvalue weighted by atomic mass is 9.80. The van der Waals surface area contributed by atoms with Crippen LogP contribution in [0.15, 0.2) is 41.4 Å². The second-order valence-corrected chi connectivity index (χ2v) is 8.60. The van der Waals surface area contributed by atoms with Crippen LogP contribution < -0.4 is 15.8 Å². The number of hydrogen-bond donors (Lipinski definition) is 2. The molecule has 2 aliphatic rings. The Balaban J connectivity index is 1.82. The molecule has 1 amide bonds. The summed E-state index contributed by atoms with van der Waals surface area (Å²) in [5.74, 6) is 7.54. The van der Waals surface area contributed by atoms with Gasteiger partial charge in [-0.2, -0.15) is 0 Å². The molecular weight excluding hydrogens is 394 g/mol. The number of fused-ring (bicyclic) bond motifs is 4. The number of methoxy groups -OCH3 is 1. The average Bonchev–Trinajstić information content (AvgIpc) is 3.09. The van der Waals surface area contributed by atoms with E-state index in [1.807, 2.05) is 24.3 Å². The van der Waals surface area contributed by atoms with Crippen LogP contribution in [0.1, 0.15) is 37.5 Å². The van der Waals surface area contributed by atoms with Gasteiger partial charge in [0.05, 0.1) is 0 Å². The van der Waals surface area contributed by atoms with Gasteiger partial charge in [0.2, 0.25) is 5.91 Å². The van der Waals surface area contributed by atoms with Crippen molar-refractivity contribution in [3.05, 3.63) is 53.1 Å². The van der Waals surface area contributed by atoms with Crippen LogP contribution in [0.2, 0.25) is 0 Å². The van der Waals surface area contributed by atoms with Gasteiger partial charge in [0.15, 0.2) is 5.54 Å². The van der Waals surface area contributed by atoms with Gasteiger partial charge in [0, 0.05) is 34.9 Å². The second kappa shape index (κ2) is 7.64. The largest absolute Gasteiger partial charge is 0.462 e. The minimum atomic E-state index is -0.881. The Morgan fingerprint density at radius 2 is 1.94 bits per heavy atom. The zero-order chi connectivity index (χ0) is 22.2. The van der Waals surface area contributed by atoms with Crippen LogP contribution in [-0.2, 0) is 19.8 Å². The van der Waals surface area contributed by atoms with E-state index < -0.39 is 5.54 Å². The first-order valence-electron chi connectivity index (χ1n) is 9.97. The van der Waals surface area contributed by atoms with E-state index in [-0.39, 0.29) is 30.6 Å². The van der Waals surface area contributed by atoms with Crippen molar-refractivity contribution >= 4 is 17.6 Å². The number of ether oxygens (including phenoxy) is 3. The van der Waals surface area contributed by atoms with Crippen molar-refractivity contribution in [3.8, 4) is 23.3 Å². The molecule has 160 valence electrons. The molecule has 0 bridgehead atoms. The molecule has 0 aromatic heterocycles. The van der Waals surface area contributed by atoms with Gasteiger partial charge in [-0.25, -0.2) is 4.99 Å². The van der Waals surface area contributed by atoms with Gasteiger partial charge < -0.3 is 25.3 Å². The van der Waals surface area contributed by atoms with Gasteiger partial charge in [-0.1, -0.05) is 11.8 Å². The number of hydrogen-bond acceptors (Lipinski definition) is 6. The molecule has 1 spiro atoms. The van der Waals surface area contributed by atoms with Crippen LogP contribution in [-0.4, -0.2) is 32.3 Å². The SMILES string of the molecule is COCC(=O)Nc1ccc2c(c1)[C@@]1(COC(N)=N1)c1cc(C#CC(C)(C)C)ccc1O2. The van der Waals surface area contributed by atoms with Crippen molar-refractivity contribution in [1.82, 2.24) is 0 Å².